The molecule has 1 aliphatic rings. The first kappa shape index (κ1) is 14.3. The van der Waals surface area contributed by atoms with E-state index in [0.717, 1.165) is 41.7 Å². The number of rotatable bonds is 3. The van der Waals surface area contributed by atoms with Gasteiger partial charge in [-0.1, -0.05) is 28.8 Å². The summed E-state index contributed by atoms with van der Waals surface area (Å²) in [6.45, 7) is 0.917. The van der Waals surface area contributed by atoms with Gasteiger partial charge in [0.15, 0.2) is 0 Å². The fourth-order valence-electron chi connectivity index (χ4n) is 2.23. The molecular formula is C14H19BrN2O2. The zero-order valence-electron chi connectivity index (χ0n) is 11.0. The summed E-state index contributed by atoms with van der Waals surface area (Å²) in [6, 6.07) is 5.46. The van der Waals surface area contributed by atoms with Gasteiger partial charge in [0.2, 0.25) is 5.91 Å². The summed E-state index contributed by atoms with van der Waals surface area (Å²) in [5.41, 5.74) is 0.752. The van der Waals surface area contributed by atoms with Crippen LogP contribution in [0.1, 0.15) is 25.7 Å². The van der Waals surface area contributed by atoms with Crippen LogP contribution in [0.5, 0.6) is 5.75 Å². The standard InChI is InChI=1S/C14H19BrN2O2/c1-19-12-8-10(15)7-11(9-12)17-14(18)13-5-3-2-4-6-16-13/h7-9,13,16H,2-6H2,1H3,(H,17,18). The van der Waals surface area contributed by atoms with Crippen molar-refractivity contribution in [2.75, 3.05) is 19.0 Å². The Morgan fingerprint density at radius 2 is 2.21 bits per heavy atom. The molecule has 1 unspecified atom stereocenters. The normalized spacial score (nSPS) is 19.6. The average Bonchev–Trinajstić information content (AvgIpc) is 2.66. The monoisotopic (exact) mass is 326 g/mol. The van der Waals surface area contributed by atoms with Crippen LogP contribution in [0, 0.1) is 0 Å². The lowest BCUT2D eigenvalue weighted by Crippen LogP contribution is -2.39. The highest BCUT2D eigenvalue weighted by molar-refractivity contribution is 9.10. The molecule has 2 N–H and O–H groups in total. The Morgan fingerprint density at radius 3 is 3.00 bits per heavy atom. The average molecular weight is 327 g/mol. The van der Waals surface area contributed by atoms with Crippen LogP contribution in [0.3, 0.4) is 0 Å². The smallest absolute Gasteiger partial charge is 0.241 e. The van der Waals surface area contributed by atoms with E-state index in [4.69, 9.17) is 4.74 Å². The van der Waals surface area contributed by atoms with E-state index < -0.39 is 0 Å². The van der Waals surface area contributed by atoms with Gasteiger partial charge in [-0.3, -0.25) is 4.79 Å². The predicted molar refractivity (Wildman–Crippen MR) is 79.6 cm³/mol. The van der Waals surface area contributed by atoms with Crippen molar-refractivity contribution in [2.24, 2.45) is 0 Å². The summed E-state index contributed by atoms with van der Waals surface area (Å²) in [5.74, 6) is 0.751. The number of carbonyl (C=O) groups is 1. The molecule has 1 saturated heterocycles. The van der Waals surface area contributed by atoms with Gasteiger partial charge in [-0.25, -0.2) is 0 Å². The Kier molecular flexibility index (Phi) is 5.22. The van der Waals surface area contributed by atoms with Gasteiger partial charge < -0.3 is 15.4 Å². The first-order chi connectivity index (χ1) is 9.19. The summed E-state index contributed by atoms with van der Waals surface area (Å²) < 4.78 is 6.07. The Morgan fingerprint density at radius 1 is 1.37 bits per heavy atom. The number of methoxy groups -OCH3 is 1. The molecule has 0 radical (unpaired) electrons. The minimum atomic E-state index is -0.0903. The summed E-state index contributed by atoms with van der Waals surface area (Å²) in [5, 5.41) is 6.23. The first-order valence-electron chi connectivity index (χ1n) is 6.58. The zero-order valence-corrected chi connectivity index (χ0v) is 12.6. The van der Waals surface area contributed by atoms with Crippen molar-refractivity contribution in [3.05, 3.63) is 22.7 Å². The van der Waals surface area contributed by atoms with E-state index in [-0.39, 0.29) is 11.9 Å². The molecule has 0 bridgehead atoms. The molecule has 5 heteroatoms. The molecule has 104 valence electrons. The molecular weight excluding hydrogens is 308 g/mol. The van der Waals surface area contributed by atoms with Gasteiger partial charge in [-0.05, 0) is 31.5 Å². The number of halogens is 1. The summed E-state index contributed by atoms with van der Waals surface area (Å²) in [7, 11) is 1.61. The van der Waals surface area contributed by atoms with Crippen molar-refractivity contribution in [3.8, 4) is 5.75 Å². The van der Waals surface area contributed by atoms with E-state index in [1.54, 1.807) is 7.11 Å². The lowest BCUT2D eigenvalue weighted by atomic mass is 10.1. The molecule has 1 heterocycles. The summed E-state index contributed by atoms with van der Waals surface area (Å²) >= 11 is 3.41. The van der Waals surface area contributed by atoms with E-state index in [0.29, 0.717) is 0 Å². The highest BCUT2D eigenvalue weighted by Gasteiger charge is 2.19. The van der Waals surface area contributed by atoms with Gasteiger partial charge in [-0.15, -0.1) is 0 Å². The van der Waals surface area contributed by atoms with Gasteiger partial charge in [0, 0.05) is 16.2 Å². The largest absolute Gasteiger partial charge is 0.497 e. The number of carbonyl (C=O) groups excluding carboxylic acids is 1. The maximum Gasteiger partial charge on any atom is 0.241 e. The van der Waals surface area contributed by atoms with E-state index in [1.165, 1.54) is 6.42 Å². The van der Waals surface area contributed by atoms with Crippen molar-refractivity contribution >= 4 is 27.5 Å². The number of hydrogen-bond donors (Lipinski definition) is 2. The Balaban J connectivity index is 2.03. The number of ether oxygens (including phenoxy) is 1. The molecule has 1 aromatic rings. The first-order valence-corrected chi connectivity index (χ1v) is 7.37. The van der Waals surface area contributed by atoms with E-state index >= 15 is 0 Å². The molecule has 0 saturated carbocycles. The van der Waals surface area contributed by atoms with Gasteiger partial charge in [0.05, 0.1) is 13.2 Å². The van der Waals surface area contributed by atoms with Gasteiger partial charge in [0.25, 0.3) is 0 Å². The van der Waals surface area contributed by atoms with Gasteiger partial charge in [-0.2, -0.15) is 0 Å². The fourth-order valence-corrected chi connectivity index (χ4v) is 2.71. The summed E-state index contributed by atoms with van der Waals surface area (Å²) in [4.78, 5) is 12.2. The molecule has 1 aromatic carbocycles. The quantitative estimate of drug-likeness (QED) is 0.897. The number of anilines is 1. The van der Waals surface area contributed by atoms with Crippen LogP contribution in [0.2, 0.25) is 0 Å². The number of nitrogens with one attached hydrogen (secondary N) is 2. The van der Waals surface area contributed by atoms with Crippen molar-refractivity contribution in [1.82, 2.24) is 5.32 Å². The van der Waals surface area contributed by atoms with Gasteiger partial charge in [0.1, 0.15) is 5.75 Å². The second-order valence-electron chi connectivity index (χ2n) is 4.73. The van der Waals surface area contributed by atoms with Crippen molar-refractivity contribution < 1.29 is 9.53 Å². The van der Waals surface area contributed by atoms with E-state index in [9.17, 15) is 4.79 Å². The Labute approximate surface area is 122 Å². The predicted octanol–water partition coefficient (Wildman–Crippen LogP) is 2.93. The van der Waals surface area contributed by atoms with Crippen LogP contribution < -0.4 is 15.4 Å². The molecule has 1 fully saturated rings. The van der Waals surface area contributed by atoms with E-state index in [2.05, 4.69) is 26.6 Å². The SMILES string of the molecule is COc1cc(Br)cc(NC(=O)C2CCCCCN2)c1. The van der Waals surface area contributed by atoms with Crippen LogP contribution >= 0.6 is 15.9 Å². The second-order valence-corrected chi connectivity index (χ2v) is 5.64. The second kappa shape index (κ2) is 6.91. The maximum atomic E-state index is 12.2. The molecule has 4 nitrogen and oxygen atoms in total. The van der Waals surface area contributed by atoms with Crippen molar-refractivity contribution in [3.63, 3.8) is 0 Å². The van der Waals surface area contributed by atoms with Crippen LogP contribution in [0.15, 0.2) is 22.7 Å². The minimum Gasteiger partial charge on any atom is -0.497 e. The molecule has 1 amide bonds. The molecule has 19 heavy (non-hydrogen) atoms. The fraction of sp³-hybridized carbons (Fsp3) is 0.500. The lowest BCUT2D eigenvalue weighted by Gasteiger charge is -2.16. The number of amides is 1. The van der Waals surface area contributed by atoms with Crippen molar-refractivity contribution in [1.29, 1.82) is 0 Å². The lowest BCUT2D eigenvalue weighted by molar-refractivity contribution is -0.118. The molecule has 1 aliphatic heterocycles. The Hall–Kier alpha value is -1.07. The van der Waals surface area contributed by atoms with Gasteiger partial charge >= 0.3 is 0 Å². The third kappa shape index (κ3) is 4.21. The molecule has 2 rings (SSSR count). The highest BCUT2D eigenvalue weighted by atomic mass is 79.9. The molecule has 1 atom stereocenters. The molecule has 0 spiro atoms. The Bertz CT molecular complexity index is 443. The van der Waals surface area contributed by atoms with Crippen molar-refractivity contribution in [2.45, 2.75) is 31.7 Å². The minimum absolute atomic E-state index is 0.0297. The summed E-state index contributed by atoms with van der Waals surface area (Å²) in [6.07, 6.45) is 4.35. The topological polar surface area (TPSA) is 50.4 Å². The van der Waals surface area contributed by atoms with Crippen LogP contribution in [0.25, 0.3) is 0 Å². The third-order valence-corrected chi connectivity index (χ3v) is 3.71. The third-order valence-electron chi connectivity index (χ3n) is 3.25. The van der Waals surface area contributed by atoms with Crippen LogP contribution in [0.4, 0.5) is 5.69 Å². The number of hydrogen-bond acceptors (Lipinski definition) is 3. The molecule has 0 aromatic heterocycles. The maximum absolute atomic E-state index is 12.2. The van der Waals surface area contributed by atoms with Crippen LogP contribution in [-0.4, -0.2) is 25.6 Å². The zero-order chi connectivity index (χ0) is 13.7. The van der Waals surface area contributed by atoms with Crippen LogP contribution in [-0.2, 0) is 4.79 Å². The highest BCUT2D eigenvalue weighted by Crippen LogP contribution is 2.24. The molecule has 0 aliphatic carbocycles. The number of benzene rings is 1. The van der Waals surface area contributed by atoms with E-state index in [1.807, 2.05) is 18.2 Å².